The predicted molar refractivity (Wildman–Crippen MR) is 106 cm³/mol. The van der Waals surface area contributed by atoms with Crippen LogP contribution in [0.15, 0.2) is 42.5 Å². The van der Waals surface area contributed by atoms with Crippen molar-refractivity contribution < 1.29 is 9.59 Å². The molecule has 2 aromatic carbocycles. The van der Waals surface area contributed by atoms with Crippen LogP contribution >= 0.6 is 0 Å². The van der Waals surface area contributed by atoms with Gasteiger partial charge in [-0.15, -0.1) is 0 Å². The minimum atomic E-state index is -0.225. The van der Waals surface area contributed by atoms with Crippen molar-refractivity contribution in [3.05, 3.63) is 64.7 Å². The van der Waals surface area contributed by atoms with Crippen LogP contribution in [0.5, 0.6) is 0 Å². The zero-order chi connectivity index (χ0) is 19.1. The van der Waals surface area contributed by atoms with Crippen molar-refractivity contribution in [1.82, 2.24) is 5.32 Å². The molecule has 0 saturated carbocycles. The molecule has 0 aliphatic rings. The van der Waals surface area contributed by atoms with Gasteiger partial charge in [0.2, 0.25) is 11.8 Å². The Morgan fingerprint density at radius 2 is 1.62 bits per heavy atom. The van der Waals surface area contributed by atoms with Crippen molar-refractivity contribution in [2.24, 2.45) is 0 Å². The first-order valence-electron chi connectivity index (χ1n) is 9.12. The summed E-state index contributed by atoms with van der Waals surface area (Å²) in [6.07, 6.45) is 1.66. The van der Waals surface area contributed by atoms with E-state index in [-0.39, 0.29) is 24.3 Å². The molecule has 0 heterocycles. The number of amides is 2. The molecule has 0 saturated heterocycles. The molecule has 1 atom stereocenters. The van der Waals surface area contributed by atoms with Crippen molar-refractivity contribution >= 4 is 17.5 Å². The lowest BCUT2D eigenvalue weighted by molar-refractivity contribution is -0.125. The maximum Gasteiger partial charge on any atom is 0.243 e. The summed E-state index contributed by atoms with van der Waals surface area (Å²) in [5.41, 5.74) is 5.02. The number of nitrogens with one attached hydrogen (secondary N) is 2. The van der Waals surface area contributed by atoms with Crippen molar-refractivity contribution in [3.8, 4) is 0 Å². The van der Waals surface area contributed by atoms with Gasteiger partial charge in [0.15, 0.2) is 0 Å². The maximum atomic E-state index is 12.6. The molecule has 4 nitrogen and oxygen atoms in total. The third kappa shape index (κ3) is 5.19. The zero-order valence-electron chi connectivity index (χ0n) is 16.1. The summed E-state index contributed by atoms with van der Waals surface area (Å²) < 4.78 is 0. The van der Waals surface area contributed by atoms with E-state index in [2.05, 4.69) is 17.6 Å². The van der Waals surface area contributed by atoms with Gasteiger partial charge < -0.3 is 10.6 Å². The van der Waals surface area contributed by atoms with Crippen LogP contribution in [0.25, 0.3) is 0 Å². The van der Waals surface area contributed by atoms with E-state index in [1.807, 2.05) is 63.2 Å². The SMILES string of the molecule is CCCC(C(=O)NCC(=O)Nc1c(C)cc(C)cc1C)c1ccccc1. The van der Waals surface area contributed by atoms with Crippen LogP contribution < -0.4 is 10.6 Å². The molecule has 0 aliphatic heterocycles. The Bertz CT molecular complexity index is 746. The van der Waals surface area contributed by atoms with E-state index in [1.165, 1.54) is 0 Å². The molecule has 0 aromatic heterocycles. The van der Waals surface area contributed by atoms with E-state index in [4.69, 9.17) is 0 Å². The van der Waals surface area contributed by atoms with Crippen LogP contribution in [0.4, 0.5) is 5.69 Å². The van der Waals surface area contributed by atoms with E-state index in [0.29, 0.717) is 0 Å². The molecular formula is C22H28N2O2. The Kier molecular flexibility index (Phi) is 6.96. The number of hydrogen-bond donors (Lipinski definition) is 2. The highest BCUT2D eigenvalue weighted by molar-refractivity contribution is 5.96. The fraction of sp³-hybridized carbons (Fsp3) is 0.364. The molecular weight excluding hydrogens is 324 g/mol. The van der Waals surface area contributed by atoms with Crippen LogP contribution in [-0.4, -0.2) is 18.4 Å². The minimum absolute atomic E-state index is 0.0291. The molecule has 0 bridgehead atoms. The second-order valence-corrected chi connectivity index (χ2v) is 6.79. The van der Waals surface area contributed by atoms with Crippen LogP contribution in [0.2, 0.25) is 0 Å². The molecule has 1 unspecified atom stereocenters. The third-order valence-electron chi connectivity index (χ3n) is 4.46. The van der Waals surface area contributed by atoms with Gasteiger partial charge in [0.25, 0.3) is 0 Å². The lowest BCUT2D eigenvalue weighted by atomic mass is 9.93. The van der Waals surface area contributed by atoms with E-state index < -0.39 is 0 Å². The Morgan fingerprint density at radius 1 is 1.00 bits per heavy atom. The topological polar surface area (TPSA) is 58.2 Å². The molecule has 2 amide bonds. The van der Waals surface area contributed by atoms with Crippen LogP contribution in [0.1, 0.15) is 47.9 Å². The molecule has 2 rings (SSSR count). The minimum Gasteiger partial charge on any atom is -0.346 e. The largest absolute Gasteiger partial charge is 0.346 e. The van der Waals surface area contributed by atoms with Gasteiger partial charge in [-0.05, 0) is 43.9 Å². The first kappa shape index (κ1) is 19.7. The molecule has 0 radical (unpaired) electrons. The number of anilines is 1. The first-order valence-corrected chi connectivity index (χ1v) is 9.12. The molecule has 0 fully saturated rings. The maximum absolute atomic E-state index is 12.6. The van der Waals surface area contributed by atoms with Gasteiger partial charge in [-0.1, -0.05) is 61.4 Å². The average Bonchev–Trinajstić information content (AvgIpc) is 2.61. The molecule has 2 N–H and O–H groups in total. The second kappa shape index (κ2) is 9.18. The van der Waals surface area contributed by atoms with Gasteiger partial charge in [-0.25, -0.2) is 0 Å². The lowest BCUT2D eigenvalue weighted by Gasteiger charge is -2.17. The molecule has 0 spiro atoms. The van der Waals surface area contributed by atoms with E-state index in [1.54, 1.807) is 0 Å². The number of aryl methyl sites for hydroxylation is 3. The van der Waals surface area contributed by atoms with Gasteiger partial charge in [0.05, 0.1) is 12.5 Å². The molecule has 2 aromatic rings. The van der Waals surface area contributed by atoms with E-state index in [0.717, 1.165) is 40.8 Å². The Balaban J connectivity index is 1.98. The number of carbonyl (C=O) groups is 2. The quantitative estimate of drug-likeness (QED) is 0.782. The fourth-order valence-corrected chi connectivity index (χ4v) is 3.27. The van der Waals surface area contributed by atoms with Crippen molar-refractivity contribution in [2.45, 2.75) is 46.5 Å². The van der Waals surface area contributed by atoms with Crippen LogP contribution in [0.3, 0.4) is 0 Å². The second-order valence-electron chi connectivity index (χ2n) is 6.79. The van der Waals surface area contributed by atoms with Crippen LogP contribution in [-0.2, 0) is 9.59 Å². The molecule has 138 valence electrons. The fourth-order valence-electron chi connectivity index (χ4n) is 3.27. The van der Waals surface area contributed by atoms with Gasteiger partial charge in [0.1, 0.15) is 0 Å². The summed E-state index contributed by atoms with van der Waals surface area (Å²) in [7, 11) is 0. The van der Waals surface area contributed by atoms with Gasteiger partial charge in [-0.2, -0.15) is 0 Å². The summed E-state index contributed by atoms with van der Waals surface area (Å²) >= 11 is 0. The van der Waals surface area contributed by atoms with Gasteiger partial charge >= 0.3 is 0 Å². The normalized spacial score (nSPS) is 11.7. The van der Waals surface area contributed by atoms with Crippen molar-refractivity contribution in [2.75, 3.05) is 11.9 Å². The summed E-state index contributed by atoms with van der Waals surface area (Å²) in [6, 6.07) is 13.8. The number of benzene rings is 2. The van der Waals surface area contributed by atoms with E-state index >= 15 is 0 Å². The zero-order valence-corrected chi connectivity index (χ0v) is 16.1. The average molecular weight is 352 g/mol. The predicted octanol–water partition coefficient (Wildman–Crippen LogP) is 4.25. The summed E-state index contributed by atoms with van der Waals surface area (Å²) in [5, 5.41) is 5.70. The summed E-state index contributed by atoms with van der Waals surface area (Å²) in [5.74, 6) is -0.542. The lowest BCUT2D eigenvalue weighted by Crippen LogP contribution is -2.36. The van der Waals surface area contributed by atoms with Gasteiger partial charge in [0, 0.05) is 5.69 Å². The summed E-state index contributed by atoms with van der Waals surface area (Å²) in [6.45, 7) is 8.00. The molecule has 26 heavy (non-hydrogen) atoms. The van der Waals surface area contributed by atoms with E-state index in [9.17, 15) is 9.59 Å². The standard InChI is InChI=1S/C22H28N2O2/c1-5-9-19(18-10-7-6-8-11-18)22(26)23-14-20(25)24-21-16(3)12-15(2)13-17(21)4/h6-8,10-13,19H,5,9,14H2,1-4H3,(H,23,26)(H,24,25). The highest BCUT2D eigenvalue weighted by atomic mass is 16.2. The smallest absolute Gasteiger partial charge is 0.243 e. The Hall–Kier alpha value is -2.62. The first-order chi connectivity index (χ1) is 12.4. The Labute approximate surface area is 156 Å². The molecule has 4 heteroatoms. The summed E-state index contributed by atoms with van der Waals surface area (Å²) in [4.78, 5) is 24.9. The van der Waals surface area contributed by atoms with Crippen molar-refractivity contribution in [1.29, 1.82) is 0 Å². The Morgan fingerprint density at radius 3 is 2.19 bits per heavy atom. The third-order valence-corrected chi connectivity index (χ3v) is 4.46. The molecule has 0 aliphatic carbocycles. The number of hydrogen-bond acceptors (Lipinski definition) is 2. The highest BCUT2D eigenvalue weighted by Gasteiger charge is 2.20. The van der Waals surface area contributed by atoms with Gasteiger partial charge in [-0.3, -0.25) is 9.59 Å². The van der Waals surface area contributed by atoms with Crippen LogP contribution in [0, 0.1) is 20.8 Å². The highest BCUT2D eigenvalue weighted by Crippen LogP contribution is 2.22. The monoisotopic (exact) mass is 352 g/mol. The number of rotatable bonds is 7. The van der Waals surface area contributed by atoms with Crippen molar-refractivity contribution in [3.63, 3.8) is 0 Å². The number of carbonyl (C=O) groups excluding carboxylic acids is 2.